The number of nitrogens with one attached hydrogen (secondary N) is 2. The summed E-state index contributed by atoms with van der Waals surface area (Å²) in [7, 11) is 0. The molecule has 2 saturated heterocycles. The second-order valence-electron chi connectivity index (χ2n) is 5.89. The standard InChI is InChI=1S/C16H21N3O3/c20-14-10-17-8-12(14)9-18-16(22)11-3-5-13(6-4-11)19-7-1-2-15(19)21/h3-6,12,14,17,20H,1-2,7-10H2,(H,18,22). The fourth-order valence-corrected chi connectivity index (χ4v) is 2.97. The van der Waals surface area contributed by atoms with Gasteiger partial charge in [0.25, 0.3) is 5.91 Å². The number of rotatable bonds is 4. The molecule has 22 heavy (non-hydrogen) atoms. The number of carbonyl (C=O) groups is 2. The van der Waals surface area contributed by atoms with Crippen LogP contribution < -0.4 is 15.5 Å². The van der Waals surface area contributed by atoms with Gasteiger partial charge in [-0.2, -0.15) is 0 Å². The molecule has 3 rings (SSSR count). The van der Waals surface area contributed by atoms with Crippen LogP contribution in [0.3, 0.4) is 0 Å². The van der Waals surface area contributed by atoms with E-state index in [0.29, 0.717) is 25.1 Å². The summed E-state index contributed by atoms with van der Waals surface area (Å²) in [4.78, 5) is 25.6. The highest BCUT2D eigenvalue weighted by atomic mass is 16.3. The Bertz CT molecular complexity index is 558. The van der Waals surface area contributed by atoms with Gasteiger partial charge < -0.3 is 20.6 Å². The van der Waals surface area contributed by atoms with Gasteiger partial charge in [-0.15, -0.1) is 0 Å². The van der Waals surface area contributed by atoms with Crippen LogP contribution in [0, 0.1) is 5.92 Å². The minimum absolute atomic E-state index is 0.0606. The molecule has 1 aromatic carbocycles. The van der Waals surface area contributed by atoms with E-state index in [1.54, 1.807) is 17.0 Å². The normalized spacial score (nSPS) is 24.8. The first kappa shape index (κ1) is 15.0. The average molecular weight is 303 g/mol. The second-order valence-corrected chi connectivity index (χ2v) is 5.89. The van der Waals surface area contributed by atoms with Crippen molar-refractivity contribution in [2.75, 3.05) is 31.1 Å². The van der Waals surface area contributed by atoms with Crippen molar-refractivity contribution in [1.82, 2.24) is 10.6 Å². The summed E-state index contributed by atoms with van der Waals surface area (Å²) < 4.78 is 0. The third-order valence-electron chi connectivity index (χ3n) is 4.34. The number of anilines is 1. The lowest BCUT2D eigenvalue weighted by Gasteiger charge is -2.16. The van der Waals surface area contributed by atoms with E-state index in [2.05, 4.69) is 10.6 Å². The summed E-state index contributed by atoms with van der Waals surface area (Å²) in [5, 5.41) is 15.6. The lowest BCUT2D eigenvalue weighted by atomic mass is 10.1. The Kier molecular flexibility index (Phi) is 4.40. The molecule has 2 heterocycles. The van der Waals surface area contributed by atoms with E-state index in [1.165, 1.54) is 0 Å². The average Bonchev–Trinajstić information content (AvgIpc) is 3.13. The predicted molar refractivity (Wildman–Crippen MR) is 82.7 cm³/mol. The van der Waals surface area contributed by atoms with Crippen molar-refractivity contribution in [1.29, 1.82) is 0 Å². The van der Waals surface area contributed by atoms with Gasteiger partial charge >= 0.3 is 0 Å². The molecule has 0 radical (unpaired) electrons. The molecule has 0 aliphatic carbocycles. The Morgan fingerprint density at radius 1 is 1.32 bits per heavy atom. The van der Waals surface area contributed by atoms with Crippen LogP contribution in [0.25, 0.3) is 0 Å². The van der Waals surface area contributed by atoms with E-state index in [9.17, 15) is 14.7 Å². The van der Waals surface area contributed by atoms with Crippen molar-refractivity contribution in [3.63, 3.8) is 0 Å². The molecule has 2 aliphatic heterocycles. The molecule has 2 amide bonds. The first-order valence-corrected chi connectivity index (χ1v) is 7.72. The maximum atomic E-state index is 12.1. The van der Waals surface area contributed by atoms with Crippen molar-refractivity contribution in [2.24, 2.45) is 5.92 Å². The molecule has 118 valence electrons. The van der Waals surface area contributed by atoms with Crippen molar-refractivity contribution in [3.8, 4) is 0 Å². The molecule has 0 spiro atoms. The van der Waals surface area contributed by atoms with Crippen LogP contribution in [0.15, 0.2) is 24.3 Å². The van der Waals surface area contributed by atoms with E-state index in [-0.39, 0.29) is 17.7 Å². The molecule has 6 nitrogen and oxygen atoms in total. The first-order chi connectivity index (χ1) is 10.6. The van der Waals surface area contributed by atoms with Crippen molar-refractivity contribution >= 4 is 17.5 Å². The van der Waals surface area contributed by atoms with Crippen LogP contribution in [0.4, 0.5) is 5.69 Å². The molecular weight excluding hydrogens is 282 g/mol. The summed E-state index contributed by atoms with van der Waals surface area (Å²) >= 11 is 0. The van der Waals surface area contributed by atoms with Gasteiger partial charge in [0.15, 0.2) is 0 Å². The number of carbonyl (C=O) groups excluding carboxylic acids is 2. The van der Waals surface area contributed by atoms with E-state index in [0.717, 1.165) is 25.2 Å². The summed E-state index contributed by atoms with van der Waals surface area (Å²) in [5.41, 5.74) is 1.41. The van der Waals surface area contributed by atoms with Crippen LogP contribution in [0.2, 0.25) is 0 Å². The Morgan fingerprint density at radius 2 is 2.09 bits per heavy atom. The van der Waals surface area contributed by atoms with Crippen molar-refractivity contribution in [2.45, 2.75) is 18.9 Å². The van der Waals surface area contributed by atoms with E-state index < -0.39 is 6.10 Å². The third kappa shape index (κ3) is 3.13. The predicted octanol–water partition coefficient (Wildman–Crippen LogP) is 0.124. The molecule has 2 aliphatic rings. The number of amides is 2. The Hall–Kier alpha value is -1.92. The summed E-state index contributed by atoms with van der Waals surface area (Å²) in [6.07, 6.45) is 1.09. The minimum Gasteiger partial charge on any atom is -0.391 e. The van der Waals surface area contributed by atoms with Gasteiger partial charge in [-0.1, -0.05) is 0 Å². The van der Waals surface area contributed by atoms with Crippen LogP contribution in [0.1, 0.15) is 23.2 Å². The molecule has 6 heteroatoms. The zero-order chi connectivity index (χ0) is 15.5. The quantitative estimate of drug-likeness (QED) is 0.738. The summed E-state index contributed by atoms with van der Waals surface area (Å²) in [6, 6.07) is 7.09. The maximum Gasteiger partial charge on any atom is 0.251 e. The number of β-amino-alcohol motifs (C(OH)–C–C–N with tert-alkyl or cyclic N) is 1. The van der Waals surface area contributed by atoms with Crippen LogP contribution in [-0.2, 0) is 4.79 Å². The number of hydrogen-bond acceptors (Lipinski definition) is 4. The largest absolute Gasteiger partial charge is 0.391 e. The topological polar surface area (TPSA) is 81.7 Å². The zero-order valence-electron chi connectivity index (χ0n) is 12.4. The Labute approximate surface area is 129 Å². The molecule has 0 saturated carbocycles. The third-order valence-corrected chi connectivity index (χ3v) is 4.34. The lowest BCUT2D eigenvalue weighted by Crippen LogP contribution is -2.34. The zero-order valence-corrected chi connectivity index (χ0v) is 12.4. The molecule has 2 fully saturated rings. The number of nitrogens with zero attached hydrogens (tertiary/aromatic N) is 1. The monoisotopic (exact) mass is 303 g/mol. The highest BCUT2D eigenvalue weighted by Crippen LogP contribution is 2.21. The number of aliphatic hydroxyl groups excluding tert-OH is 1. The maximum absolute atomic E-state index is 12.1. The Morgan fingerprint density at radius 3 is 2.68 bits per heavy atom. The smallest absolute Gasteiger partial charge is 0.251 e. The summed E-state index contributed by atoms with van der Waals surface area (Å²) in [6.45, 7) is 2.51. The summed E-state index contributed by atoms with van der Waals surface area (Å²) in [5.74, 6) is 0.0452. The fourth-order valence-electron chi connectivity index (χ4n) is 2.97. The first-order valence-electron chi connectivity index (χ1n) is 7.72. The Balaban J connectivity index is 1.57. The fraction of sp³-hybridized carbons (Fsp3) is 0.500. The van der Waals surface area contributed by atoms with Gasteiger partial charge in [-0.05, 0) is 30.7 Å². The van der Waals surface area contributed by atoms with Gasteiger partial charge in [-0.3, -0.25) is 9.59 Å². The SMILES string of the molecule is O=C(NCC1CNCC1O)c1ccc(N2CCCC2=O)cc1. The van der Waals surface area contributed by atoms with Crippen LogP contribution >= 0.6 is 0 Å². The highest BCUT2D eigenvalue weighted by molar-refractivity contribution is 5.97. The lowest BCUT2D eigenvalue weighted by molar-refractivity contribution is -0.117. The van der Waals surface area contributed by atoms with Crippen LogP contribution in [-0.4, -0.2) is 49.2 Å². The van der Waals surface area contributed by atoms with E-state index in [1.807, 2.05) is 12.1 Å². The molecule has 0 aromatic heterocycles. The van der Waals surface area contributed by atoms with Gasteiger partial charge in [0, 0.05) is 49.8 Å². The molecule has 2 atom stereocenters. The van der Waals surface area contributed by atoms with E-state index >= 15 is 0 Å². The van der Waals surface area contributed by atoms with Gasteiger partial charge in [-0.25, -0.2) is 0 Å². The highest BCUT2D eigenvalue weighted by Gasteiger charge is 2.25. The van der Waals surface area contributed by atoms with Crippen molar-refractivity contribution in [3.05, 3.63) is 29.8 Å². The number of aliphatic hydroxyl groups is 1. The molecule has 2 unspecified atom stereocenters. The minimum atomic E-state index is -0.399. The molecular formula is C16H21N3O3. The molecule has 3 N–H and O–H groups in total. The van der Waals surface area contributed by atoms with Gasteiger partial charge in [0.05, 0.1) is 6.10 Å². The van der Waals surface area contributed by atoms with Gasteiger partial charge in [0.1, 0.15) is 0 Å². The van der Waals surface area contributed by atoms with Crippen molar-refractivity contribution < 1.29 is 14.7 Å². The second kappa shape index (κ2) is 6.46. The molecule has 1 aromatic rings. The molecule has 0 bridgehead atoms. The van der Waals surface area contributed by atoms with Crippen LogP contribution in [0.5, 0.6) is 0 Å². The van der Waals surface area contributed by atoms with Gasteiger partial charge in [0.2, 0.25) is 5.91 Å². The number of benzene rings is 1. The van der Waals surface area contributed by atoms with E-state index in [4.69, 9.17) is 0 Å². The number of hydrogen-bond donors (Lipinski definition) is 3.